The van der Waals surface area contributed by atoms with Gasteiger partial charge in [0.1, 0.15) is 0 Å². The Kier molecular flexibility index (Phi) is 5.85. The predicted molar refractivity (Wildman–Crippen MR) is 77.9 cm³/mol. The van der Waals surface area contributed by atoms with Crippen LogP contribution in [0.25, 0.3) is 0 Å². The summed E-state index contributed by atoms with van der Waals surface area (Å²) in [6.45, 7) is 1.82. The molecule has 0 aliphatic heterocycles. The first kappa shape index (κ1) is 16.6. The zero-order chi connectivity index (χ0) is 16.0. The molecule has 6 nitrogen and oxygen atoms in total. The molecule has 1 rings (SSSR count). The Morgan fingerprint density at radius 1 is 1.24 bits per heavy atom. The van der Waals surface area contributed by atoms with E-state index >= 15 is 0 Å². The van der Waals surface area contributed by atoms with E-state index in [1.807, 2.05) is 6.92 Å². The third kappa shape index (κ3) is 3.57. The molecule has 1 atom stereocenters. The summed E-state index contributed by atoms with van der Waals surface area (Å²) >= 11 is 0. The van der Waals surface area contributed by atoms with Crippen molar-refractivity contribution in [1.82, 2.24) is 4.90 Å². The lowest BCUT2D eigenvalue weighted by molar-refractivity contribution is 0.0745. The molecule has 0 aromatic heterocycles. The lowest BCUT2D eigenvalue weighted by Gasteiger charge is -2.23. The van der Waals surface area contributed by atoms with Gasteiger partial charge in [0.15, 0.2) is 11.5 Å². The molecule has 0 heterocycles. The summed E-state index contributed by atoms with van der Waals surface area (Å²) < 4.78 is 15.7. The topological polar surface area (TPSA) is 71.8 Å². The molecule has 0 N–H and O–H groups in total. The minimum Gasteiger partial charge on any atom is -0.493 e. The van der Waals surface area contributed by atoms with Gasteiger partial charge >= 0.3 is 0 Å². The molecule has 1 unspecified atom stereocenters. The van der Waals surface area contributed by atoms with Crippen LogP contribution in [0, 0.1) is 11.3 Å². The highest BCUT2D eigenvalue weighted by molar-refractivity contribution is 5.95. The van der Waals surface area contributed by atoms with Crippen LogP contribution in [0.1, 0.15) is 23.7 Å². The molecule has 0 saturated carbocycles. The molecule has 0 aliphatic carbocycles. The number of nitrogens with zero attached hydrogens (tertiary/aromatic N) is 2. The van der Waals surface area contributed by atoms with E-state index in [1.165, 1.54) is 26.2 Å². The quantitative estimate of drug-likeness (QED) is 0.802. The first-order chi connectivity index (χ1) is 9.99. The summed E-state index contributed by atoms with van der Waals surface area (Å²) in [7, 11) is 6.15. The second kappa shape index (κ2) is 7.39. The highest BCUT2D eigenvalue weighted by Gasteiger charge is 2.21. The molecule has 0 spiro atoms. The van der Waals surface area contributed by atoms with Gasteiger partial charge in [-0.15, -0.1) is 0 Å². The highest BCUT2D eigenvalue weighted by Crippen LogP contribution is 2.38. The summed E-state index contributed by atoms with van der Waals surface area (Å²) in [4.78, 5) is 14.0. The van der Waals surface area contributed by atoms with E-state index in [4.69, 9.17) is 19.5 Å². The minimum atomic E-state index is -0.211. The number of benzene rings is 1. The summed E-state index contributed by atoms with van der Waals surface area (Å²) in [6.07, 6.45) is 0.271. The maximum Gasteiger partial charge on any atom is 0.254 e. The lowest BCUT2D eigenvalue weighted by Crippen LogP contribution is -2.34. The van der Waals surface area contributed by atoms with E-state index in [2.05, 4.69) is 6.07 Å². The fourth-order valence-electron chi connectivity index (χ4n) is 1.88. The Morgan fingerprint density at radius 2 is 1.76 bits per heavy atom. The number of rotatable bonds is 6. The Balaban J connectivity index is 3.19. The average molecular weight is 292 g/mol. The second-order valence-electron chi connectivity index (χ2n) is 4.54. The van der Waals surface area contributed by atoms with Crippen LogP contribution in [0.15, 0.2) is 12.1 Å². The van der Waals surface area contributed by atoms with E-state index in [0.29, 0.717) is 22.8 Å². The van der Waals surface area contributed by atoms with Crippen molar-refractivity contribution in [2.24, 2.45) is 0 Å². The normalized spacial score (nSPS) is 11.2. The largest absolute Gasteiger partial charge is 0.493 e. The zero-order valence-corrected chi connectivity index (χ0v) is 13.0. The number of carbonyl (C=O) groups is 1. The molecule has 1 amide bonds. The number of hydrogen-bond donors (Lipinski definition) is 0. The smallest absolute Gasteiger partial charge is 0.254 e. The van der Waals surface area contributed by atoms with Gasteiger partial charge in [-0.3, -0.25) is 4.79 Å². The van der Waals surface area contributed by atoms with Crippen molar-refractivity contribution in [3.05, 3.63) is 17.7 Å². The maximum atomic E-state index is 12.5. The van der Waals surface area contributed by atoms with E-state index in [1.54, 1.807) is 19.2 Å². The van der Waals surface area contributed by atoms with Crippen LogP contribution in [0.3, 0.4) is 0 Å². The summed E-state index contributed by atoms with van der Waals surface area (Å²) in [5.41, 5.74) is 0.414. The van der Waals surface area contributed by atoms with Crippen LogP contribution < -0.4 is 14.2 Å². The molecule has 1 aromatic rings. The lowest BCUT2D eigenvalue weighted by atomic mass is 10.1. The van der Waals surface area contributed by atoms with Crippen molar-refractivity contribution in [1.29, 1.82) is 5.26 Å². The van der Waals surface area contributed by atoms with Crippen molar-refractivity contribution >= 4 is 5.91 Å². The number of ether oxygens (including phenoxy) is 3. The number of amides is 1. The SMILES string of the molecule is COc1cc(C(=O)N(C)C(C)CC#N)cc(OC)c1OC. The van der Waals surface area contributed by atoms with Gasteiger partial charge in [-0.1, -0.05) is 0 Å². The third-order valence-corrected chi connectivity index (χ3v) is 3.28. The first-order valence-corrected chi connectivity index (χ1v) is 6.44. The molecule has 21 heavy (non-hydrogen) atoms. The van der Waals surface area contributed by atoms with Gasteiger partial charge in [0.25, 0.3) is 5.91 Å². The summed E-state index contributed by atoms with van der Waals surface area (Å²) in [6, 6.07) is 5.07. The van der Waals surface area contributed by atoms with Gasteiger partial charge < -0.3 is 19.1 Å². The number of nitriles is 1. The van der Waals surface area contributed by atoms with Crippen molar-refractivity contribution in [3.8, 4) is 23.3 Å². The van der Waals surface area contributed by atoms with Crippen molar-refractivity contribution in [2.45, 2.75) is 19.4 Å². The molecular weight excluding hydrogens is 272 g/mol. The van der Waals surface area contributed by atoms with E-state index < -0.39 is 0 Å². The zero-order valence-electron chi connectivity index (χ0n) is 13.0. The fourth-order valence-corrected chi connectivity index (χ4v) is 1.88. The molecule has 114 valence electrons. The second-order valence-corrected chi connectivity index (χ2v) is 4.54. The number of methoxy groups -OCH3 is 3. The molecule has 1 aromatic carbocycles. The highest BCUT2D eigenvalue weighted by atomic mass is 16.5. The molecule has 0 fully saturated rings. The Bertz CT molecular complexity index is 526. The standard InChI is InChI=1S/C15H20N2O4/c1-10(6-7-16)17(2)15(18)11-8-12(19-3)14(21-5)13(9-11)20-4/h8-10H,6H2,1-5H3. The molecule has 0 saturated heterocycles. The van der Waals surface area contributed by atoms with Gasteiger partial charge in [-0.2, -0.15) is 5.26 Å². The monoisotopic (exact) mass is 292 g/mol. The number of hydrogen-bond acceptors (Lipinski definition) is 5. The van der Waals surface area contributed by atoms with Gasteiger partial charge in [-0.25, -0.2) is 0 Å². The third-order valence-electron chi connectivity index (χ3n) is 3.28. The Labute approximate surface area is 124 Å². The first-order valence-electron chi connectivity index (χ1n) is 6.44. The van der Waals surface area contributed by atoms with Crippen LogP contribution in [0.5, 0.6) is 17.2 Å². The fraction of sp³-hybridized carbons (Fsp3) is 0.467. The number of carbonyl (C=O) groups excluding carboxylic acids is 1. The molecule has 0 aliphatic rings. The van der Waals surface area contributed by atoms with E-state index in [-0.39, 0.29) is 18.4 Å². The van der Waals surface area contributed by atoms with Crippen LogP contribution in [-0.4, -0.2) is 45.2 Å². The average Bonchev–Trinajstić information content (AvgIpc) is 2.51. The Morgan fingerprint density at radius 3 is 2.14 bits per heavy atom. The Hall–Kier alpha value is -2.42. The van der Waals surface area contributed by atoms with Gasteiger partial charge in [0, 0.05) is 18.7 Å². The van der Waals surface area contributed by atoms with Gasteiger partial charge in [0.05, 0.1) is 33.8 Å². The molecule has 0 radical (unpaired) electrons. The van der Waals surface area contributed by atoms with Crippen molar-refractivity contribution in [2.75, 3.05) is 28.4 Å². The van der Waals surface area contributed by atoms with Crippen LogP contribution >= 0.6 is 0 Å². The molecular formula is C15H20N2O4. The van der Waals surface area contributed by atoms with Crippen LogP contribution in [-0.2, 0) is 0 Å². The molecule has 0 bridgehead atoms. The summed E-state index contributed by atoms with van der Waals surface area (Å²) in [5, 5.41) is 8.73. The van der Waals surface area contributed by atoms with Crippen molar-refractivity contribution < 1.29 is 19.0 Å². The maximum absolute atomic E-state index is 12.5. The van der Waals surface area contributed by atoms with Crippen LogP contribution in [0.2, 0.25) is 0 Å². The van der Waals surface area contributed by atoms with Gasteiger partial charge in [-0.05, 0) is 19.1 Å². The summed E-state index contributed by atoms with van der Waals surface area (Å²) in [5.74, 6) is 1.06. The van der Waals surface area contributed by atoms with E-state index in [9.17, 15) is 4.79 Å². The van der Waals surface area contributed by atoms with Crippen LogP contribution in [0.4, 0.5) is 0 Å². The predicted octanol–water partition coefficient (Wildman–Crippen LogP) is 2.09. The minimum absolute atomic E-state index is 0.179. The molecule has 6 heteroatoms. The van der Waals surface area contributed by atoms with Gasteiger partial charge in [0.2, 0.25) is 5.75 Å². The van der Waals surface area contributed by atoms with E-state index in [0.717, 1.165) is 0 Å². The van der Waals surface area contributed by atoms with Crippen molar-refractivity contribution in [3.63, 3.8) is 0 Å².